The number of fused-ring (bicyclic) bond motifs is 1. The molecule has 0 radical (unpaired) electrons. The Morgan fingerprint density at radius 1 is 1.50 bits per heavy atom. The predicted molar refractivity (Wildman–Crippen MR) is 73.4 cm³/mol. The van der Waals surface area contributed by atoms with Crippen LogP contribution in [0.3, 0.4) is 0 Å². The van der Waals surface area contributed by atoms with Crippen molar-refractivity contribution in [2.75, 3.05) is 6.61 Å². The molecular formula is C10H8BrIOS. The first-order chi connectivity index (χ1) is 6.72. The van der Waals surface area contributed by atoms with Gasteiger partial charge in [-0.1, -0.05) is 0 Å². The summed E-state index contributed by atoms with van der Waals surface area (Å²) in [5, 5.41) is 1.20. The van der Waals surface area contributed by atoms with Crippen LogP contribution in [0, 0.1) is 2.88 Å². The van der Waals surface area contributed by atoms with Gasteiger partial charge in [0.1, 0.15) is 5.75 Å². The molecule has 74 valence electrons. The highest BCUT2D eigenvalue weighted by atomic mass is 127. The third-order valence-corrected chi connectivity index (χ3v) is 4.35. The Morgan fingerprint density at radius 3 is 3.00 bits per heavy atom. The van der Waals surface area contributed by atoms with E-state index in [2.05, 4.69) is 50.7 Å². The van der Waals surface area contributed by atoms with Crippen LogP contribution in [0.2, 0.25) is 0 Å². The molecule has 0 atom stereocenters. The number of ether oxygens (including phenoxy) is 1. The smallest absolute Gasteiger partial charge is 0.142 e. The van der Waals surface area contributed by atoms with Crippen LogP contribution in [0.5, 0.6) is 5.75 Å². The van der Waals surface area contributed by atoms with Gasteiger partial charge < -0.3 is 4.74 Å². The van der Waals surface area contributed by atoms with E-state index < -0.39 is 0 Å². The summed E-state index contributed by atoms with van der Waals surface area (Å²) >= 11 is 7.63. The van der Waals surface area contributed by atoms with Gasteiger partial charge in [-0.3, -0.25) is 0 Å². The maximum absolute atomic E-state index is 5.62. The Hall–Kier alpha value is 0.190. The van der Waals surface area contributed by atoms with Gasteiger partial charge in [0.2, 0.25) is 0 Å². The predicted octanol–water partition coefficient (Wildman–Crippen LogP) is 4.67. The van der Waals surface area contributed by atoms with Crippen molar-refractivity contribution in [2.24, 2.45) is 0 Å². The minimum Gasteiger partial charge on any atom is -0.492 e. The van der Waals surface area contributed by atoms with E-state index in [4.69, 9.17) is 4.74 Å². The van der Waals surface area contributed by atoms with Gasteiger partial charge in [-0.2, -0.15) is 0 Å². The summed E-state index contributed by atoms with van der Waals surface area (Å²) in [5.41, 5.74) is 0. The SMILES string of the molecule is CCOc1c(Br)ccc2sc(I)cc12. The van der Waals surface area contributed by atoms with Crippen molar-refractivity contribution in [1.82, 2.24) is 0 Å². The van der Waals surface area contributed by atoms with E-state index >= 15 is 0 Å². The van der Waals surface area contributed by atoms with E-state index in [1.165, 1.54) is 13.0 Å². The zero-order chi connectivity index (χ0) is 10.1. The second kappa shape index (κ2) is 4.37. The van der Waals surface area contributed by atoms with Crippen molar-refractivity contribution >= 4 is 59.9 Å². The fraction of sp³-hybridized carbons (Fsp3) is 0.200. The molecule has 2 aromatic rings. The highest BCUT2D eigenvalue weighted by Gasteiger charge is 2.09. The molecule has 0 saturated carbocycles. The normalized spacial score (nSPS) is 10.8. The van der Waals surface area contributed by atoms with Gasteiger partial charge >= 0.3 is 0 Å². The number of hydrogen-bond acceptors (Lipinski definition) is 2. The summed E-state index contributed by atoms with van der Waals surface area (Å²) in [7, 11) is 0. The van der Waals surface area contributed by atoms with Crippen LogP contribution < -0.4 is 4.74 Å². The van der Waals surface area contributed by atoms with Gasteiger partial charge in [-0.15, -0.1) is 11.3 Å². The lowest BCUT2D eigenvalue weighted by atomic mass is 10.2. The summed E-state index contributed by atoms with van der Waals surface area (Å²) in [6.07, 6.45) is 0. The van der Waals surface area contributed by atoms with Gasteiger partial charge in [0.25, 0.3) is 0 Å². The van der Waals surface area contributed by atoms with Crippen molar-refractivity contribution in [1.29, 1.82) is 0 Å². The third kappa shape index (κ3) is 1.92. The lowest BCUT2D eigenvalue weighted by Crippen LogP contribution is -1.92. The monoisotopic (exact) mass is 382 g/mol. The van der Waals surface area contributed by atoms with E-state index in [1.807, 2.05) is 13.0 Å². The van der Waals surface area contributed by atoms with Crippen LogP contribution >= 0.6 is 49.9 Å². The molecule has 0 N–H and O–H groups in total. The van der Waals surface area contributed by atoms with Gasteiger partial charge in [-0.25, -0.2) is 0 Å². The molecule has 1 aromatic carbocycles. The Kier molecular flexibility index (Phi) is 3.34. The number of benzene rings is 1. The molecule has 4 heteroatoms. The number of hydrogen-bond donors (Lipinski definition) is 0. The molecule has 0 aliphatic carbocycles. The molecule has 0 fully saturated rings. The molecule has 1 heterocycles. The van der Waals surface area contributed by atoms with Crippen molar-refractivity contribution in [3.8, 4) is 5.75 Å². The van der Waals surface area contributed by atoms with Gasteiger partial charge in [0.15, 0.2) is 0 Å². The minimum atomic E-state index is 0.699. The van der Waals surface area contributed by atoms with Crippen LogP contribution in [-0.2, 0) is 0 Å². The molecule has 0 amide bonds. The Morgan fingerprint density at radius 2 is 2.29 bits per heavy atom. The molecule has 0 aliphatic heterocycles. The molecule has 0 unspecified atom stereocenters. The fourth-order valence-corrected chi connectivity index (χ4v) is 3.59. The standard InChI is InChI=1S/C10H8BrIOS/c1-2-13-10-6-5-9(12)14-8(6)4-3-7(10)11/h3-5H,2H2,1H3. The van der Waals surface area contributed by atoms with Crippen molar-refractivity contribution in [3.63, 3.8) is 0 Å². The molecule has 0 saturated heterocycles. The summed E-state index contributed by atoms with van der Waals surface area (Å²) in [6, 6.07) is 6.32. The lowest BCUT2D eigenvalue weighted by molar-refractivity contribution is 0.342. The molecule has 0 aliphatic rings. The van der Waals surface area contributed by atoms with E-state index in [0.717, 1.165) is 10.2 Å². The van der Waals surface area contributed by atoms with Crippen molar-refractivity contribution in [2.45, 2.75) is 6.92 Å². The number of thiophene rings is 1. The number of rotatable bonds is 2. The second-order valence-electron chi connectivity index (χ2n) is 2.77. The third-order valence-electron chi connectivity index (χ3n) is 1.86. The van der Waals surface area contributed by atoms with Crippen LogP contribution in [0.25, 0.3) is 10.1 Å². The average molecular weight is 383 g/mol. The quantitative estimate of drug-likeness (QED) is 0.686. The summed E-state index contributed by atoms with van der Waals surface area (Å²) < 4.78 is 9.22. The van der Waals surface area contributed by atoms with Crippen LogP contribution in [0.1, 0.15) is 6.92 Å². The first kappa shape index (κ1) is 10.7. The van der Waals surface area contributed by atoms with Crippen LogP contribution in [0.15, 0.2) is 22.7 Å². The Balaban J connectivity index is 2.68. The molecule has 1 nitrogen and oxygen atoms in total. The van der Waals surface area contributed by atoms with Crippen molar-refractivity contribution in [3.05, 3.63) is 25.6 Å². The fourth-order valence-electron chi connectivity index (χ4n) is 1.32. The summed E-state index contributed by atoms with van der Waals surface area (Å²) in [4.78, 5) is 0. The molecule has 1 aromatic heterocycles. The Bertz CT molecular complexity index is 466. The summed E-state index contributed by atoms with van der Waals surface area (Å²) in [6.45, 7) is 2.70. The first-order valence-corrected chi connectivity index (χ1v) is 6.91. The lowest BCUT2D eigenvalue weighted by Gasteiger charge is -2.06. The van der Waals surface area contributed by atoms with Crippen LogP contribution in [-0.4, -0.2) is 6.61 Å². The molecular weight excluding hydrogens is 375 g/mol. The van der Waals surface area contributed by atoms with Crippen molar-refractivity contribution < 1.29 is 4.74 Å². The van der Waals surface area contributed by atoms with E-state index in [9.17, 15) is 0 Å². The van der Waals surface area contributed by atoms with E-state index in [1.54, 1.807) is 11.3 Å². The highest BCUT2D eigenvalue weighted by Crippen LogP contribution is 2.38. The average Bonchev–Trinajstić information content (AvgIpc) is 2.51. The minimum absolute atomic E-state index is 0.699. The maximum Gasteiger partial charge on any atom is 0.142 e. The topological polar surface area (TPSA) is 9.23 Å². The Labute approximate surface area is 109 Å². The first-order valence-electron chi connectivity index (χ1n) is 4.22. The van der Waals surface area contributed by atoms with Gasteiger partial charge in [0.05, 0.1) is 14.0 Å². The maximum atomic E-state index is 5.62. The molecule has 14 heavy (non-hydrogen) atoms. The molecule has 2 rings (SSSR count). The van der Waals surface area contributed by atoms with Gasteiger partial charge in [-0.05, 0) is 63.6 Å². The zero-order valence-electron chi connectivity index (χ0n) is 7.51. The molecule has 0 bridgehead atoms. The highest BCUT2D eigenvalue weighted by molar-refractivity contribution is 14.1. The van der Waals surface area contributed by atoms with Crippen LogP contribution in [0.4, 0.5) is 0 Å². The zero-order valence-corrected chi connectivity index (χ0v) is 12.1. The largest absolute Gasteiger partial charge is 0.492 e. The van der Waals surface area contributed by atoms with E-state index in [0.29, 0.717) is 6.61 Å². The van der Waals surface area contributed by atoms with E-state index in [-0.39, 0.29) is 0 Å². The second-order valence-corrected chi connectivity index (χ2v) is 6.60. The van der Waals surface area contributed by atoms with Gasteiger partial charge in [0, 0.05) is 10.1 Å². The number of halogens is 2. The summed E-state index contributed by atoms with van der Waals surface area (Å²) in [5.74, 6) is 0.962. The molecule has 0 spiro atoms.